The first-order valence-corrected chi connectivity index (χ1v) is 8.43. The largest absolute Gasteiger partial charge is 0.618 e. The van der Waals surface area contributed by atoms with E-state index in [-0.39, 0.29) is 15.1 Å². The summed E-state index contributed by atoms with van der Waals surface area (Å²) < 4.78 is 25.8. The minimum atomic E-state index is -3.92. The number of benzene rings is 1. The van der Waals surface area contributed by atoms with Gasteiger partial charge in [0.15, 0.2) is 6.20 Å². The van der Waals surface area contributed by atoms with Crippen LogP contribution in [0.4, 0.5) is 0 Å². The Kier molecular flexibility index (Phi) is 4.46. The molecule has 1 aromatic heterocycles. The smallest absolute Gasteiger partial charge is 0.312 e. The summed E-state index contributed by atoms with van der Waals surface area (Å²) in [5.74, 6) is 0. The highest BCUT2D eigenvalue weighted by Gasteiger charge is 2.35. The maximum atomic E-state index is 12.7. The van der Waals surface area contributed by atoms with Crippen molar-refractivity contribution in [2.24, 2.45) is 0 Å². The second kappa shape index (κ2) is 5.83. The number of halogens is 2. The van der Waals surface area contributed by atoms with Crippen LogP contribution in [0, 0.1) is 12.1 Å². The molecule has 1 atom stereocenters. The molecule has 0 bridgehead atoms. The first kappa shape index (κ1) is 16.1. The normalized spacial score (nSPS) is 13.1. The van der Waals surface area contributed by atoms with Crippen molar-refractivity contribution in [1.29, 1.82) is 0 Å². The first-order chi connectivity index (χ1) is 9.76. The van der Waals surface area contributed by atoms with Gasteiger partial charge in [0.1, 0.15) is 0 Å². The van der Waals surface area contributed by atoms with Crippen molar-refractivity contribution >= 4 is 33.0 Å². The number of rotatable bonds is 3. The molecule has 1 unspecified atom stereocenters. The zero-order valence-electron chi connectivity index (χ0n) is 11.4. The lowest BCUT2D eigenvalue weighted by atomic mass is 10.2. The molecule has 2 aromatic rings. The van der Waals surface area contributed by atoms with Crippen molar-refractivity contribution in [3.8, 4) is 0 Å². The highest BCUT2D eigenvalue weighted by molar-refractivity contribution is 7.91. The summed E-state index contributed by atoms with van der Waals surface area (Å²) in [5.41, 5.74) is 0.673. The summed E-state index contributed by atoms with van der Waals surface area (Å²) in [7, 11) is -3.92. The summed E-state index contributed by atoms with van der Waals surface area (Å²) >= 11 is 12.1. The lowest BCUT2D eigenvalue weighted by molar-refractivity contribution is -0.647. The second-order valence-electron chi connectivity index (χ2n) is 4.64. The van der Waals surface area contributed by atoms with E-state index in [1.54, 1.807) is 31.2 Å². The molecule has 0 radical (unpaired) electrons. The molecule has 0 aliphatic rings. The van der Waals surface area contributed by atoms with E-state index < -0.39 is 15.1 Å². The standard InChI is InChI=1S/C14H13Cl2NO3S/c1-9-5-4-8-17(18)14(9)21(19,20)10(2)13-11(15)6-3-7-12(13)16/h3-8,10H,1-2H3. The number of sulfone groups is 1. The predicted molar refractivity (Wildman–Crippen MR) is 82.2 cm³/mol. The van der Waals surface area contributed by atoms with Gasteiger partial charge in [-0.15, -0.1) is 0 Å². The molecular formula is C14H13Cl2NO3S. The van der Waals surface area contributed by atoms with Gasteiger partial charge in [0.05, 0.1) is 5.25 Å². The maximum Gasteiger partial charge on any atom is 0.312 e. The molecule has 112 valence electrons. The van der Waals surface area contributed by atoms with Crippen LogP contribution >= 0.6 is 23.2 Å². The number of hydrogen-bond donors (Lipinski definition) is 0. The van der Waals surface area contributed by atoms with Crippen LogP contribution < -0.4 is 4.73 Å². The second-order valence-corrected chi connectivity index (χ2v) is 7.64. The van der Waals surface area contributed by atoms with Gasteiger partial charge in [-0.3, -0.25) is 0 Å². The van der Waals surface area contributed by atoms with Crippen molar-refractivity contribution < 1.29 is 13.1 Å². The van der Waals surface area contributed by atoms with Crippen molar-refractivity contribution in [2.75, 3.05) is 0 Å². The molecule has 21 heavy (non-hydrogen) atoms. The van der Waals surface area contributed by atoms with E-state index in [0.29, 0.717) is 15.9 Å². The van der Waals surface area contributed by atoms with Gasteiger partial charge in [-0.05, 0) is 32.0 Å². The van der Waals surface area contributed by atoms with Crippen LogP contribution in [0.2, 0.25) is 10.0 Å². The van der Waals surface area contributed by atoms with Gasteiger partial charge in [0, 0.05) is 27.2 Å². The Balaban J connectivity index is 2.65. The fourth-order valence-corrected chi connectivity index (χ4v) is 4.73. The fraction of sp³-hybridized carbons (Fsp3) is 0.214. The van der Waals surface area contributed by atoms with Crippen molar-refractivity contribution in [1.82, 2.24) is 0 Å². The molecule has 4 nitrogen and oxygen atoms in total. The summed E-state index contributed by atoms with van der Waals surface area (Å²) in [6.07, 6.45) is 1.15. The average Bonchev–Trinajstić information content (AvgIpc) is 2.37. The molecule has 1 aromatic carbocycles. The number of aryl methyl sites for hydroxylation is 1. The van der Waals surface area contributed by atoms with Crippen LogP contribution in [0.1, 0.15) is 23.3 Å². The Morgan fingerprint density at radius 1 is 1.14 bits per heavy atom. The van der Waals surface area contributed by atoms with Gasteiger partial charge in [-0.25, -0.2) is 8.42 Å². The van der Waals surface area contributed by atoms with Crippen LogP contribution in [-0.2, 0) is 9.84 Å². The van der Waals surface area contributed by atoms with Gasteiger partial charge in [0.25, 0.3) is 0 Å². The molecule has 1 heterocycles. The Morgan fingerprint density at radius 3 is 2.24 bits per heavy atom. The summed E-state index contributed by atoms with van der Waals surface area (Å²) in [5, 5.41) is 11.1. The molecule has 0 spiro atoms. The molecular weight excluding hydrogens is 333 g/mol. The topological polar surface area (TPSA) is 61.1 Å². The third-order valence-corrected chi connectivity index (χ3v) is 6.11. The quantitative estimate of drug-likeness (QED) is 0.632. The molecule has 0 saturated heterocycles. The summed E-state index contributed by atoms with van der Waals surface area (Å²) in [6.45, 7) is 3.04. The van der Waals surface area contributed by atoms with E-state index in [9.17, 15) is 13.6 Å². The van der Waals surface area contributed by atoms with Crippen LogP contribution in [0.3, 0.4) is 0 Å². The monoisotopic (exact) mass is 345 g/mol. The number of nitrogens with zero attached hydrogens (tertiary/aromatic N) is 1. The molecule has 2 rings (SSSR count). The van der Waals surface area contributed by atoms with Crippen molar-refractivity contribution in [3.05, 3.63) is 62.9 Å². The average molecular weight is 346 g/mol. The highest BCUT2D eigenvalue weighted by atomic mass is 35.5. The minimum Gasteiger partial charge on any atom is -0.618 e. The van der Waals surface area contributed by atoms with Gasteiger partial charge < -0.3 is 5.21 Å². The van der Waals surface area contributed by atoms with E-state index in [2.05, 4.69) is 0 Å². The number of pyridine rings is 1. The zero-order chi connectivity index (χ0) is 15.8. The van der Waals surface area contributed by atoms with Crippen molar-refractivity contribution in [2.45, 2.75) is 24.1 Å². The molecule has 0 fully saturated rings. The third kappa shape index (κ3) is 2.86. The van der Waals surface area contributed by atoms with E-state index >= 15 is 0 Å². The zero-order valence-corrected chi connectivity index (χ0v) is 13.7. The molecule has 0 N–H and O–H groups in total. The third-order valence-electron chi connectivity index (χ3n) is 3.25. The van der Waals surface area contributed by atoms with Crippen LogP contribution in [-0.4, -0.2) is 8.42 Å². The Bertz CT molecular complexity index is 750. The Hall–Kier alpha value is -1.30. The van der Waals surface area contributed by atoms with E-state index in [1.807, 2.05) is 0 Å². The maximum absolute atomic E-state index is 12.7. The van der Waals surface area contributed by atoms with Gasteiger partial charge >= 0.3 is 5.03 Å². The molecule has 7 heteroatoms. The number of hydrogen-bond acceptors (Lipinski definition) is 3. The molecule has 0 saturated carbocycles. The van der Waals surface area contributed by atoms with E-state index in [4.69, 9.17) is 23.2 Å². The lowest BCUT2D eigenvalue weighted by Gasteiger charge is -2.16. The van der Waals surface area contributed by atoms with Crippen LogP contribution in [0.25, 0.3) is 0 Å². The fourth-order valence-electron chi connectivity index (χ4n) is 2.15. The van der Waals surface area contributed by atoms with Crippen LogP contribution in [0.15, 0.2) is 41.6 Å². The molecule has 0 aliphatic heterocycles. The van der Waals surface area contributed by atoms with Gasteiger partial charge in [0.2, 0.25) is 9.84 Å². The highest BCUT2D eigenvalue weighted by Crippen LogP contribution is 2.37. The minimum absolute atomic E-state index is 0.254. The summed E-state index contributed by atoms with van der Waals surface area (Å²) in [4.78, 5) is 0. The summed E-state index contributed by atoms with van der Waals surface area (Å²) in [6, 6.07) is 7.83. The lowest BCUT2D eigenvalue weighted by Crippen LogP contribution is -2.36. The Morgan fingerprint density at radius 2 is 1.71 bits per heavy atom. The van der Waals surface area contributed by atoms with Crippen LogP contribution in [0.5, 0.6) is 0 Å². The van der Waals surface area contributed by atoms with E-state index in [1.165, 1.54) is 13.0 Å². The van der Waals surface area contributed by atoms with Gasteiger partial charge in [-0.2, -0.15) is 4.73 Å². The van der Waals surface area contributed by atoms with Crippen molar-refractivity contribution in [3.63, 3.8) is 0 Å². The Labute approximate surface area is 133 Å². The van der Waals surface area contributed by atoms with E-state index in [0.717, 1.165) is 6.20 Å². The first-order valence-electron chi connectivity index (χ1n) is 6.13. The number of aromatic nitrogens is 1. The predicted octanol–water partition coefficient (Wildman–Crippen LogP) is 3.47. The SMILES string of the molecule is Cc1ccc[n+]([O-])c1S(=O)(=O)C(C)c1c(Cl)cccc1Cl. The molecule has 0 amide bonds. The molecule has 0 aliphatic carbocycles. The van der Waals surface area contributed by atoms with Gasteiger partial charge in [-0.1, -0.05) is 29.3 Å².